The Balaban J connectivity index is 1.84. The van der Waals surface area contributed by atoms with Gasteiger partial charge in [0.25, 0.3) is 0 Å². The first kappa shape index (κ1) is 16.8. The van der Waals surface area contributed by atoms with Gasteiger partial charge in [-0.3, -0.25) is 4.79 Å². The van der Waals surface area contributed by atoms with Crippen molar-refractivity contribution >= 4 is 5.91 Å². The maximum Gasteiger partial charge on any atom is 0.391 e. The standard InChI is InChI=1S/C16H21F3N2O/c17-16(18,19)13-8-4-7-12(9-13)15(22)21-10-14(20)11-5-2-1-3-6-11/h1-3,5-6,12-14H,4,7-10,20H2,(H,21,22). The summed E-state index contributed by atoms with van der Waals surface area (Å²) in [5.41, 5.74) is 6.86. The van der Waals surface area contributed by atoms with E-state index in [1.54, 1.807) is 0 Å². The van der Waals surface area contributed by atoms with Crippen LogP contribution in [0.15, 0.2) is 30.3 Å². The fourth-order valence-corrected chi connectivity index (χ4v) is 2.90. The zero-order valence-electron chi connectivity index (χ0n) is 12.3. The molecular formula is C16H21F3N2O. The van der Waals surface area contributed by atoms with Crippen LogP contribution >= 0.6 is 0 Å². The normalized spacial score (nSPS) is 23.8. The molecule has 1 amide bonds. The molecule has 6 heteroatoms. The smallest absolute Gasteiger partial charge is 0.354 e. The fourth-order valence-electron chi connectivity index (χ4n) is 2.90. The van der Waals surface area contributed by atoms with Crippen LogP contribution in [0.25, 0.3) is 0 Å². The molecule has 2 rings (SSSR count). The van der Waals surface area contributed by atoms with Crippen LogP contribution in [0.5, 0.6) is 0 Å². The molecule has 1 saturated carbocycles. The molecule has 1 aliphatic carbocycles. The van der Waals surface area contributed by atoms with Crippen LogP contribution in [0.4, 0.5) is 13.2 Å². The molecule has 3 unspecified atom stereocenters. The number of nitrogens with one attached hydrogen (secondary N) is 1. The van der Waals surface area contributed by atoms with Gasteiger partial charge >= 0.3 is 6.18 Å². The lowest BCUT2D eigenvalue weighted by Crippen LogP contribution is -2.39. The molecule has 3 nitrogen and oxygen atoms in total. The molecule has 22 heavy (non-hydrogen) atoms. The van der Waals surface area contributed by atoms with Crippen molar-refractivity contribution in [2.45, 2.75) is 37.9 Å². The summed E-state index contributed by atoms with van der Waals surface area (Å²) in [5, 5.41) is 2.69. The highest BCUT2D eigenvalue weighted by atomic mass is 19.4. The summed E-state index contributed by atoms with van der Waals surface area (Å²) in [7, 11) is 0. The van der Waals surface area contributed by atoms with E-state index in [9.17, 15) is 18.0 Å². The van der Waals surface area contributed by atoms with E-state index in [2.05, 4.69) is 5.32 Å². The van der Waals surface area contributed by atoms with Crippen LogP contribution in [-0.2, 0) is 4.79 Å². The average molecular weight is 314 g/mol. The second kappa shape index (κ2) is 7.13. The first-order valence-corrected chi connectivity index (χ1v) is 7.53. The van der Waals surface area contributed by atoms with Crippen molar-refractivity contribution in [2.75, 3.05) is 6.54 Å². The molecule has 0 radical (unpaired) electrons. The summed E-state index contributed by atoms with van der Waals surface area (Å²) in [6, 6.07) is 8.94. The third-order valence-corrected chi connectivity index (χ3v) is 4.23. The lowest BCUT2D eigenvalue weighted by atomic mass is 9.80. The molecule has 1 aliphatic rings. The number of benzene rings is 1. The third-order valence-electron chi connectivity index (χ3n) is 4.23. The Labute approximate surface area is 128 Å². The van der Waals surface area contributed by atoms with E-state index in [1.165, 1.54) is 0 Å². The van der Waals surface area contributed by atoms with Gasteiger partial charge < -0.3 is 11.1 Å². The minimum atomic E-state index is -4.21. The molecule has 1 aromatic carbocycles. The number of hydrogen-bond acceptors (Lipinski definition) is 2. The topological polar surface area (TPSA) is 55.1 Å². The molecule has 1 aromatic rings. The van der Waals surface area contributed by atoms with E-state index in [4.69, 9.17) is 5.73 Å². The van der Waals surface area contributed by atoms with Gasteiger partial charge in [-0.1, -0.05) is 36.8 Å². The van der Waals surface area contributed by atoms with Crippen LogP contribution in [-0.4, -0.2) is 18.6 Å². The molecule has 0 bridgehead atoms. The van der Waals surface area contributed by atoms with E-state index in [0.717, 1.165) is 5.56 Å². The van der Waals surface area contributed by atoms with Crippen molar-refractivity contribution < 1.29 is 18.0 Å². The number of hydrogen-bond donors (Lipinski definition) is 2. The molecule has 3 N–H and O–H groups in total. The van der Waals surface area contributed by atoms with Crippen molar-refractivity contribution in [2.24, 2.45) is 17.6 Å². The van der Waals surface area contributed by atoms with Gasteiger partial charge in [-0.2, -0.15) is 13.2 Å². The Morgan fingerprint density at radius 2 is 1.95 bits per heavy atom. The number of carbonyl (C=O) groups is 1. The van der Waals surface area contributed by atoms with E-state index < -0.39 is 18.0 Å². The molecule has 0 spiro atoms. The van der Waals surface area contributed by atoms with Crippen LogP contribution < -0.4 is 11.1 Å². The Hall–Kier alpha value is -1.56. The summed E-state index contributed by atoms with van der Waals surface area (Å²) >= 11 is 0. The summed E-state index contributed by atoms with van der Waals surface area (Å²) in [5.74, 6) is -2.25. The van der Waals surface area contributed by atoms with Gasteiger partial charge in [0.05, 0.1) is 5.92 Å². The predicted molar refractivity (Wildman–Crippen MR) is 77.9 cm³/mol. The Kier molecular flexibility index (Phi) is 5.45. The van der Waals surface area contributed by atoms with Gasteiger partial charge in [-0.25, -0.2) is 0 Å². The molecular weight excluding hydrogens is 293 g/mol. The number of amides is 1. The van der Waals surface area contributed by atoms with Gasteiger partial charge in [0.2, 0.25) is 5.91 Å². The third kappa shape index (κ3) is 4.47. The summed E-state index contributed by atoms with van der Waals surface area (Å²) in [4.78, 5) is 12.1. The lowest BCUT2D eigenvalue weighted by Gasteiger charge is -2.30. The van der Waals surface area contributed by atoms with Gasteiger partial charge in [0.1, 0.15) is 0 Å². The van der Waals surface area contributed by atoms with E-state index in [-0.39, 0.29) is 31.3 Å². The minimum Gasteiger partial charge on any atom is -0.354 e. The highest BCUT2D eigenvalue weighted by molar-refractivity contribution is 5.78. The molecule has 0 saturated heterocycles. The van der Waals surface area contributed by atoms with Gasteiger partial charge in [0, 0.05) is 18.5 Å². The molecule has 0 aromatic heterocycles. The second-order valence-electron chi connectivity index (χ2n) is 5.86. The SMILES string of the molecule is NC(CNC(=O)C1CCCC(C(F)(F)F)C1)c1ccccc1. The van der Waals surface area contributed by atoms with E-state index in [1.807, 2.05) is 30.3 Å². The first-order valence-electron chi connectivity index (χ1n) is 7.53. The van der Waals surface area contributed by atoms with Crippen LogP contribution in [0.1, 0.15) is 37.3 Å². The minimum absolute atomic E-state index is 0.115. The largest absolute Gasteiger partial charge is 0.391 e. The summed E-state index contributed by atoms with van der Waals surface area (Å²) in [6.45, 7) is 0.232. The van der Waals surface area contributed by atoms with Crippen molar-refractivity contribution in [3.63, 3.8) is 0 Å². The van der Waals surface area contributed by atoms with Crippen LogP contribution in [0, 0.1) is 11.8 Å². The highest BCUT2D eigenvalue weighted by Gasteiger charge is 2.43. The van der Waals surface area contributed by atoms with Crippen molar-refractivity contribution in [3.8, 4) is 0 Å². The van der Waals surface area contributed by atoms with Crippen LogP contribution in [0.2, 0.25) is 0 Å². The van der Waals surface area contributed by atoms with Crippen molar-refractivity contribution in [1.29, 1.82) is 0 Å². The van der Waals surface area contributed by atoms with Crippen molar-refractivity contribution in [1.82, 2.24) is 5.32 Å². The number of alkyl halides is 3. The average Bonchev–Trinajstić information content (AvgIpc) is 2.52. The van der Waals surface area contributed by atoms with Crippen LogP contribution in [0.3, 0.4) is 0 Å². The van der Waals surface area contributed by atoms with Gasteiger partial charge in [-0.05, 0) is 24.8 Å². The summed E-state index contributed by atoms with van der Waals surface area (Å²) in [6.07, 6.45) is -3.25. The molecule has 1 fully saturated rings. The number of nitrogens with two attached hydrogens (primary N) is 1. The molecule has 0 aliphatic heterocycles. The second-order valence-corrected chi connectivity index (χ2v) is 5.86. The highest BCUT2D eigenvalue weighted by Crippen LogP contribution is 2.39. The van der Waals surface area contributed by atoms with Crippen molar-refractivity contribution in [3.05, 3.63) is 35.9 Å². The maximum absolute atomic E-state index is 12.8. The lowest BCUT2D eigenvalue weighted by molar-refractivity contribution is -0.186. The fraction of sp³-hybridized carbons (Fsp3) is 0.562. The maximum atomic E-state index is 12.8. The Bertz CT molecular complexity index is 490. The van der Waals surface area contributed by atoms with Gasteiger partial charge in [-0.15, -0.1) is 0 Å². The zero-order chi connectivity index (χ0) is 16.2. The first-order chi connectivity index (χ1) is 10.4. The molecule has 122 valence electrons. The quantitative estimate of drug-likeness (QED) is 0.897. The van der Waals surface area contributed by atoms with E-state index >= 15 is 0 Å². The number of rotatable bonds is 4. The molecule has 3 atom stereocenters. The monoisotopic (exact) mass is 314 g/mol. The zero-order valence-corrected chi connectivity index (χ0v) is 12.3. The Morgan fingerprint density at radius 3 is 2.59 bits per heavy atom. The predicted octanol–water partition coefficient (Wildman–Crippen LogP) is 3.17. The Morgan fingerprint density at radius 1 is 1.27 bits per heavy atom. The van der Waals surface area contributed by atoms with E-state index in [0.29, 0.717) is 12.8 Å². The summed E-state index contributed by atoms with van der Waals surface area (Å²) < 4.78 is 38.3. The number of carbonyl (C=O) groups excluding carboxylic acids is 1. The molecule has 0 heterocycles. The van der Waals surface area contributed by atoms with Gasteiger partial charge in [0.15, 0.2) is 0 Å². The number of halogens is 3.